The minimum atomic E-state index is 0.0551. The van der Waals surface area contributed by atoms with Gasteiger partial charge in [-0.25, -0.2) is 0 Å². The molecular formula is C33H55N3O2. The van der Waals surface area contributed by atoms with Crippen molar-refractivity contribution in [2.75, 3.05) is 45.9 Å². The lowest BCUT2D eigenvalue weighted by Crippen LogP contribution is -2.41. The molecule has 1 atom stereocenters. The van der Waals surface area contributed by atoms with Gasteiger partial charge in [0.2, 0.25) is 0 Å². The molecule has 1 unspecified atom stereocenters. The molecule has 5 heteroatoms. The van der Waals surface area contributed by atoms with Gasteiger partial charge in [0.25, 0.3) is 5.91 Å². The number of allylic oxidation sites excluding steroid dienone is 4. The summed E-state index contributed by atoms with van der Waals surface area (Å²) in [5.41, 5.74) is 3.06. The van der Waals surface area contributed by atoms with E-state index in [-0.39, 0.29) is 11.9 Å². The minimum Gasteiger partial charge on any atom is -0.379 e. The highest BCUT2D eigenvalue weighted by molar-refractivity contribution is 5.96. The van der Waals surface area contributed by atoms with E-state index in [0.717, 1.165) is 81.5 Å². The highest BCUT2D eigenvalue weighted by atomic mass is 16.5. The van der Waals surface area contributed by atoms with Crippen LogP contribution in [0.15, 0.2) is 60.4 Å². The van der Waals surface area contributed by atoms with E-state index in [1.54, 1.807) is 0 Å². The molecule has 38 heavy (non-hydrogen) atoms. The van der Waals surface area contributed by atoms with E-state index in [1.807, 2.05) is 26.0 Å². The molecule has 0 radical (unpaired) electrons. The molecule has 1 aliphatic carbocycles. The maximum Gasteiger partial charge on any atom is 0.251 e. The Morgan fingerprint density at radius 3 is 2.42 bits per heavy atom. The van der Waals surface area contributed by atoms with E-state index in [2.05, 4.69) is 60.4 Å². The first-order valence-electron chi connectivity index (χ1n) is 15.3. The van der Waals surface area contributed by atoms with Crippen LogP contribution in [0, 0.1) is 11.8 Å². The van der Waals surface area contributed by atoms with Crippen LogP contribution < -0.4 is 5.32 Å². The number of morpholine rings is 1. The average Bonchev–Trinajstić information content (AvgIpc) is 2.95. The summed E-state index contributed by atoms with van der Waals surface area (Å²) in [5.74, 6) is 1.56. The van der Waals surface area contributed by atoms with Crippen LogP contribution in [0.25, 0.3) is 0 Å². The number of ether oxygens (including phenoxy) is 1. The predicted molar refractivity (Wildman–Crippen MR) is 162 cm³/mol. The van der Waals surface area contributed by atoms with E-state index in [1.165, 1.54) is 38.5 Å². The predicted octanol–water partition coefficient (Wildman–Crippen LogP) is 6.66. The van der Waals surface area contributed by atoms with Gasteiger partial charge in [-0.05, 0) is 62.2 Å². The fourth-order valence-electron chi connectivity index (χ4n) is 5.91. The molecule has 1 saturated heterocycles. The number of carbonyl (C=O) groups excluding carboxylic acids is 1. The lowest BCUT2D eigenvalue weighted by Gasteiger charge is -2.37. The van der Waals surface area contributed by atoms with Crippen molar-refractivity contribution >= 4 is 5.91 Å². The summed E-state index contributed by atoms with van der Waals surface area (Å²) in [6.07, 6.45) is 19.6. The van der Waals surface area contributed by atoms with E-state index in [0.29, 0.717) is 5.92 Å². The molecule has 0 bridgehead atoms. The molecule has 0 spiro atoms. The summed E-state index contributed by atoms with van der Waals surface area (Å²) in [5, 5.41) is 3.27. The van der Waals surface area contributed by atoms with Crippen LogP contribution in [0.2, 0.25) is 0 Å². The second-order valence-electron chi connectivity index (χ2n) is 10.7. The molecule has 1 N–H and O–H groups in total. The van der Waals surface area contributed by atoms with E-state index in [4.69, 9.17) is 4.74 Å². The van der Waals surface area contributed by atoms with Crippen molar-refractivity contribution in [3.63, 3.8) is 0 Å². The first-order chi connectivity index (χ1) is 18.5. The van der Waals surface area contributed by atoms with Gasteiger partial charge >= 0.3 is 0 Å². The minimum absolute atomic E-state index is 0.0551. The smallest absolute Gasteiger partial charge is 0.251 e. The van der Waals surface area contributed by atoms with Gasteiger partial charge in [-0.3, -0.25) is 9.69 Å². The molecule has 0 aromatic carbocycles. The number of rotatable bonds is 13. The van der Waals surface area contributed by atoms with Crippen molar-refractivity contribution in [1.82, 2.24) is 15.1 Å². The van der Waals surface area contributed by atoms with Crippen molar-refractivity contribution in [3.05, 3.63) is 60.4 Å². The van der Waals surface area contributed by atoms with Crippen molar-refractivity contribution < 1.29 is 9.53 Å². The van der Waals surface area contributed by atoms with Crippen molar-refractivity contribution in [2.24, 2.45) is 11.8 Å². The van der Waals surface area contributed by atoms with E-state index >= 15 is 0 Å². The van der Waals surface area contributed by atoms with Crippen LogP contribution >= 0.6 is 0 Å². The molecule has 1 amide bonds. The molecule has 2 heterocycles. The highest BCUT2D eigenvalue weighted by Gasteiger charge is 2.26. The van der Waals surface area contributed by atoms with Gasteiger partial charge in [-0.2, -0.15) is 0 Å². The highest BCUT2D eigenvalue weighted by Crippen LogP contribution is 2.32. The summed E-state index contributed by atoms with van der Waals surface area (Å²) >= 11 is 0. The third-order valence-corrected chi connectivity index (χ3v) is 7.98. The molecule has 0 aromatic heterocycles. The molecule has 2 aliphatic heterocycles. The molecule has 214 valence electrons. The largest absolute Gasteiger partial charge is 0.379 e. The Morgan fingerprint density at radius 2 is 1.79 bits per heavy atom. The topological polar surface area (TPSA) is 44.8 Å². The summed E-state index contributed by atoms with van der Waals surface area (Å²) < 4.78 is 5.49. The van der Waals surface area contributed by atoms with Gasteiger partial charge in [0, 0.05) is 50.0 Å². The van der Waals surface area contributed by atoms with Gasteiger partial charge in [-0.15, -0.1) is 6.58 Å². The summed E-state index contributed by atoms with van der Waals surface area (Å²) in [6, 6.07) is 0.151. The summed E-state index contributed by atoms with van der Waals surface area (Å²) in [4.78, 5) is 18.2. The van der Waals surface area contributed by atoms with Gasteiger partial charge in [0.05, 0.1) is 13.2 Å². The molecule has 3 rings (SSSR count). The number of hydrogen-bond acceptors (Lipinski definition) is 4. The second kappa shape index (κ2) is 18.2. The lowest BCUT2D eigenvalue weighted by molar-refractivity contribution is -0.117. The van der Waals surface area contributed by atoms with Crippen molar-refractivity contribution in [1.29, 1.82) is 0 Å². The van der Waals surface area contributed by atoms with Crippen LogP contribution in [0.4, 0.5) is 0 Å². The van der Waals surface area contributed by atoms with Crippen LogP contribution in [0.1, 0.15) is 79.1 Å². The van der Waals surface area contributed by atoms with Gasteiger partial charge in [0.15, 0.2) is 0 Å². The third-order valence-electron chi connectivity index (χ3n) is 7.98. The van der Waals surface area contributed by atoms with Crippen LogP contribution in [-0.4, -0.2) is 67.7 Å². The Balaban J connectivity index is 0.00000247. The first-order valence-corrected chi connectivity index (χ1v) is 15.3. The fraction of sp³-hybridized carbons (Fsp3) is 0.667. The Kier molecular flexibility index (Phi) is 15.4. The maximum absolute atomic E-state index is 13.2. The quantitative estimate of drug-likeness (QED) is 0.216. The Labute approximate surface area is 233 Å². The number of amides is 1. The monoisotopic (exact) mass is 525 g/mol. The van der Waals surface area contributed by atoms with Gasteiger partial charge < -0.3 is 15.0 Å². The van der Waals surface area contributed by atoms with Crippen LogP contribution in [0.5, 0.6) is 0 Å². The van der Waals surface area contributed by atoms with Crippen LogP contribution in [0.3, 0.4) is 0 Å². The Morgan fingerprint density at radius 1 is 1.11 bits per heavy atom. The zero-order valence-electron chi connectivity index (χ0n) is 24.9. The molecule has 5 nitrogen and oxygen atoms in total. The summed E-state index contributed by atoms with van der Waals surface area (Å²) in [7, 11) is 0. The molecule has 2 fully saturated rings. The zero-order valence-corrected chi connectivity index (χ0v) is 24.9. The number of nitrogens with zero attached hydrogens (tertiary/aromatic N) is 2. The van der Waals surface area contributed by atoms with Gasteiger partial charge in [-0.1, -0.05) is 71.3 Å². The first kappa shape index (κ1) is 32.1. The SMILES string of the molecule is C=C/C=C(\CC=C)C1=CC(C(=O)NCC2CCC(CCC)CC2)=CC(C)N1CCCN1CCOCC1.CC. The van der Waals surface area contributed by atoms with Crippen LogP contribution in [-0.2, 0) is 9.53 Å². The molecule has 3 aliphatic rings. The third kappa shape index (κ3) is 10.2. The summed E-state index contributed by atoms with van der Waals surface area (Å²) in [6.45, 7) is 22.9. The lowest BCUT2D eigenvalue weighted by atomic mass is 9.80. The number of nitrogens with one attached hydrogen (secondary N) is 1. The number of carbonyl (C=O) groups is 1. The fourth-order valence-corrected chi connectivity index (χ4v) is 5.91. The normalized spacial score (nSPS) is 24.5. The second-order valence-corrected chi connectivity index (χ2v) is 10.7. The maximum atomic E-state index is 13.2. The Bertz CT molecular complexity index is 814. The Hall–Kier alpha value is -2.11. The average molecular weight is 526 g/mol. The molecular weight excluding hydrogens is 470 g/mol. The molecule has 1 saturated carbocycles. The number of hydrogen-bond donors (Lipinski definition) is 1. The van der Waals surface area contributed by atoms with Gasteiger partial charge in [0.1, 0.15) is 0 Å². The molecule has 0 aromatic rings. The van der Waals surface area contributed by atoms with Crippen molar-refractivity contribution in [2.45, 2.75) is 85.1 Å². The zero-order chi connectivity index (χ0) is 27.8. The van der Waals surface area contributed by atoms with Crippen molar-refractivity contribution in [3.8, 4) is 0 Å². The standard InChI is InChI=1S/C31H49N3O2.C2H6/c1-5-9-26-12-14-27(15-13-26)24-32-31(35)29-22-25(4)34(17-8-16-33-18-20-36-21-19-33)30(23-29)28(10-6-2)11-7-3;1-2/h6-7,10,22-23,25-27H,2-3,5,8-9,11-21,24H2,1,4H3,(H,32,35);1-2H3/b28-10+;. The van der Waals surface area contributed by atoms with E-state index < -0.39 is 0 Å². The van der Waals surface area contributed by atoms with E-state index in [9.17, 15) is 4.79 Å².